The van der Waals surface area contributed by atoms with Gasteiger partial charge in [0.1, 0.15) is 0 Å². The maximum Gasteiger partial charge on any atom is 0.257 e. The smallest absolute Gasteiger partial charge is 0.257 e. The minimum absolute atomic E-state index is 0.117. The van der Waals surface area contributed by atoms with E-state index in [1.54, 1.807) is 0 Å². The number of nitrogen functional groups attached to an aromatic ring is 1. The number of aryl methyl sites for hydroxylation is 1. The van der Waals surface area contributed by atoms with Gasteiger partial charge in [-0.05, 0) is 25.0 Å². The summed E-state index contributed by atoms with van der Waals surface area (Å²) in [6.07, 6.45) is 0.669. The summed E-state index contributed by atoms with van der Waals surface area (Å²) in [6.45, 7) is 3.97. The van der Waals surface area contributed by atoms with Crippen LogP contribution < -0.4 is 5.73 Å². The van der Waals surface area contributed by atoms with E-state index >= 15 is 0 Å². The van der Waals surface area contributed by atoms with Crippen molar-refractivity contribution in [1.29, 1.82) is 0 Å². The number of aromatic nitrogens is 3. The fourth-order valence-electron chi connectivity index (χ4n) is 2.78. The highest BCUT2D eigenvalue weighted by Crippen LogP contribution is 2.24. The number of carbonyl (C=O) groups is 1. The van der Waals surface area contributed by atoms with Crippen LogP contribution in [0.25, 0.3) is 11.4 Å². The Bertz CT molecular complexity index is 855. The fraction of sp³-hybridized carbons (Fsp3) is 0.211. The van der Waals surface area contributed by atoms with E-state index in [-0.39, 0.29) is 17.8 Å². The average Bonchev–Trinajstić information content (AvgIpc) is 2.98. The van der Waals surface area contributed by atoms with Gasteiger partial charge in [0.05, 0.1) is 5.92 Å². The average molecular weight is 320 g/mol. The minimum atomic E-state index is -0.291. The Morgan fingerprint density at radius 3 is 2.58 bits per heavy atom. The van der Waals surface area contributed by atoms with Gasteiger partial charge < -0.3 is 5.73 Å². The normalized spacial score (nSPS) is 12.1. The summed E-state index contributed by atoms with van der Waals surface area (Å²) in [5.74, 6) is 0.131. The zero-order valence-corrected chi connectivity index (χ0v) is 13.8. The Hall–Kier alpha value is -2.95. The molecule has 1 aromatic heterocycles. The minimum Gasteiger partial charge on any atom is -0.368 e. The summed E-state index contributed by atoms with van der Waals surface area (Å²) in [5.41, 5.74) is 8.86. The summed E-state index contributed by atoms with van der Waals surface area (Å²) >= 11 is 0. The molecule has 0 saturated carbocycles. The molecule has 3 aromatic rings. The Morgan fingerprint density at radius 2 is 1.92 bits per heavy atom. The molecule has 24 heavy (non-hydrogen) atoms. The summed E-state index contributed by atoms with van der Waals surface area (Å²) in [5, 5.41) is 4.35. The molecule has 122 valence electrons. The van der Waals surface area contributed by atoms with Gasteiger partial charge >= 0.3 is 0 Å². The van der Waals surface area contributed by atoms with Crippen molar-refractivity contribution < 1.29 is 4.79 Å². The largest absolute Gasteiger partial charge is 0.368 e. The first-order chi connectivity index (χ1) is 11.6. The van der Waals surface area contributed by atoms with Crippen LogP contribution in [0.15, 0.2) is 54.6 Å². The van der Waals surface area contributed by atoms with Crippen LogP contribution in [0.4, 0.5) is 5.95 Å². The predicted octanol–water partition coefficient (Wildman–Crippen LogP) is 3.67. The first kappa shape index (κ1) is 15.9. The van der Waals surface area contributed by atoms with Crippen LogP contribution in [0.2, 0.25) is 0 Å². The summed E-state index contributed by atoms with van der Waals surface area (Å²) < 4.78 is 1.22. The van der Waals surface area contributed by atoms with E-state index in [4.69, 9.17) is 5.73 Å². The molecule has 0 unspecified atom stereocenters. The van der Waals surface area contributed by atoms with Crippen LogP contribution in [0, 0.1) is 6.92 Å². The molecule has 3 rings (SSSR count). The number of rotatable bonds is 4. The van der Waals surface area contributed by atoms with Crippen LogP contribution in [-0.2, 0) is 0 Å². The molecule has 0 aliphatic carbocycles. The van der Waals surface area contributed by atoms with Gasteiger partial charge in [0.25, 0.3) is 5.91 Å². The van der Waals surface area contributed by atoms with Crippen LogP contribution in [0.3, 0.4) is 0 Å². The SMILES string of the molecule is CC[C@H](C(=O)n1nc(-c2cccc(C)c2)nc1N)c1ccccc1. The van der Waals surface area contributed by atoms with Crippen molar-refractivity contribution in [2.24, 2.45) is 0 Å². The number of anilines is 1. The molecule has 0 saturated heterocycles. The highest BCUT2D eigenvalue weighted by molar-refractivity contribution is 5.87. The number of nitrogens with two attached hydrogens (primary N) is 1. The van der Waals surface area contributed by atoms with Crippen molar-refractivity contribution in [2.75, 3.05) is 5.73 Å². The molecule has 2 aromatic carbocycles. The first-order valence-corrected chi connectivity index (χ1v) is 7.99. The third-order valence-corrected chi connectivity index (χ3v) is 4.03. The second-order valence-electron chi connectivity index (χ2n) is 5.78. The third-order valence-electron chi connectivity index (χ3n) is 4.03. The second kappa shape index (κ2) is 6.66. The Balaban J connectivity index is 1.96. The van der Waals surface area contributed by atoms with Crippen LogP contribution in [-0.4, -0.2) is 20.7 Å². The molecular formula is C19H20N4O. The van der Waals surface area contributed by atoms with Gasteiger partial charge in [-0.1, -0.05) is 61.0 Å². The fourth-order valence-corrected chi connectivity index (χ4v) is 2.78. The predicted molar refractivity (Wildman–Crippen MR) is 94.7 cm³/mol. The summed E-state index contributed by atoms with van der Waals surface area (Å²) in [7, 11) is 0. The lowest BCUT2D eigenvalue weighted by molar-refractivity contribution is 0.0862. The topological polar surface area (TPSA) is 73.8 Å². The molecule has 5 nitrogen and oxygen atoms in total. The van der Waals surface area contributed by atoms with E-state index in [0.717, 1.165) is 16.7 Å². The maximum atomic E-state index is 12.9. The number of nitrogens with zero attached hydrogens (tertiary/aromatic N) is 3. The first-order valence-electron chi connectivity index (χ1n) is 7.99. The van der Waals surface area contributed by atoms with Crippen molar-refractivity contribution in [1.82, 2.24) is 14.8 Å². The van der Waals surface area contributed by atoms with E-state index in [2.05, 4.69) is 10.1 Å². The molecule has 5 heteroatoms. The van der Waals surface area contributed by atoms with Crippen molar-refractivity contribution >= 4 is 11.9 Å². The molecule has 0 spiro atoms. The Kier molecular flexibility index (Phi) is 4.42. The van der Waals surface area contributed by atoms with E-state index < -0.39 is 0 Å². The molecule has 1 heterocycles. The Morgan fingerprint density at radius 1 is 1.17 bits per heavy atom. The quantitative estimate of drug-likeness (QED) is 0.796. The molecule has 0 aliphatic heterocycles. The van der Waals surface area contributed by atoms with Crippen LogP contribution >= 0.6 is 0 Å². The molecule has 0 bridgehead atoms. The molecule has 0 radical (unpaired) electrons. The standard InChI is InChI=1S/C19H20N4O/c1-3-16(14-9-5-4-6-10-14)18(24)23-19(20)21-17(22-23)15-11-7-8-13(2)12-15/h4-12,16H,3H2,1-2H3,(H2,20,21,22)/t16-/m0/s1. The van der Waals surface area contributed by atoms with E-state index in [0.29, 0.717) is 12.2 Å². The van der Waals surface area contributed by atoms with Gasteiger partial charge in [0.15, 0.2) is 5.82 Å². The molecule has 0 fully saturated rings. The van der Waals surface area contributed by atoms with Gasteiger partial charge in [-0.3, -0.25) is 4.79 Å². The van der Waals surface area contributed by atoms with Gasteiger partial charge in [0.2, 0.25) is 5.95 Å². The Labute approximate surface area is 141 Å². The zero-order chi connectivity index (χ0) is 17.1. The molecule has 0 aliphatic rings. The monoisotopic (exact) mass is 320 g/mol. The molecule has 2 N–H and O–H groups in total. The zero-order valence-electron chi connectivity index (χ0n) is 13.8. The van der Waals surface area contributed by atoms with E-state index in [9.17, 15) is 4.79 Å². The van der Waals surface area contributed by atoms with E-state index in [1.807, 2.05) is 68.4 Å². The summed E-state index contributed by atoms with van der Waals surface area (Å²) in [4.78, 5) is 17.2. The van der Waals surface area contributed by atoms with Crippen LogP contribution in [0.5, 0.6) is 0 Å². The maximum absolute atomic E-state index is 12.9. The molecular weight excluding hydrogens is 300 g/mol. The van der Waals surface area contributed by atoms with Gasteiger partial charge in [-0.25, -0.2) is 0 Å². The number of benzene rings is 2. The molecule has 0 amide bonds. The van der Waals surface area contributed by atoms with Gasteiger partial charge in [-0.2, -0.15) is 9.67 Å². The highest BCUT2D eigenvalue weighted by Gasteiger charge is 2.24. The van der Waals surface area contributed by atoms with Crippen molar-refractivity contribution in [3.63, 3.8) is 0 Å². The third kappa shape index (κ3) is 3.06. The van der Waals surface area contributed by atoms with Crippen molar-refractivity contribution in [2.45, 2.75) is 26.2 Å². The lowest BCUT2D eigenvalue weighted by Crippen LogP contribution is -2.22. The van der Waals surface area contributed by atoms with E-state index in [1.165, 1.54) is 4.68 Å². The van der Waals surface area contributed by atoms with Crippen LogP contribution in [0.1, 0.15) is 35.2 Å². The highest BCUT2D eigenvalue weighted by atomic mass is 16.2. The lowest BCUT2D eigenvalue weighted by Gasteiger charge is -2.13. The number of carbonyl (C=O) groups excluding carboxylic acids is 1. The van der Waals surface area contributed by atoms with Crippen molar-refractivity contribution in [3.8, 4) is 11.4 Å². The van der Waals surface area contributed by atoms with Crippen molar-refractivity contribution in [3.05, 3.63) is 65.7 Å². The second-order valence-corrected chi connectivity index (χ2v) is 5.78. The summed E-state index contributed by atoms with van der Waals surface area (Å²) in [6, 6.07) is 17.5. The molecule has 1 atom stereocenters. The lowest BCUT2D eigenvalue weighted by atomic mass is 9.96. The van der Waals surface area contributed by atoms with Gasteiger partial charge in [0, 0.05) is 5.56 Å². The number of hydrogen-bond donors (Lipinski definition) is 1. The van der Waals surface area contributed by atoms with Gasteiger partial charge in [-0.15, -0.1) is 5.10 Å². The number of hydrogen-bond acceptors (Lipinski definition) is 4.